The Bertz CT molecular complexity index is 422. The van der Waals surface area contributed by atoms with Crippen molar-refractivity contribution in [2.45, 2.75) is 44.9 Å². The first-order valence-corrected chi connectivity index (χ1v) is 9.86. The van der Waals surface area contributed by atoms with Gasteiger partial charge in [-0.05, 0) is 26.3 Å². The Kier molecular flexibility index (Phi) is 8.68. The van der Waals surface area contributed by atoms with Crippen LogP contribution in [0.3, 0.4) is 0 Å². The van der Waals surface area contributed by atoms with Crippen molar-refractivity contribution in [2.75, 3.05) is 60.0 Å². The minimum atomic E-state index is 0.155. The fourth-order valence-corrected chi connectivity index (χ4v) is 3.83. The second kappa shape index (κ2) is 10.8. The normalized spacial score (nSPS) is 20.4. The summed E-state index contributed by atoms with van der Waals surface area (Å²) in [6.07, 6.45) is 7.87. The maximum atomic E-state index is 12.8. The van der Waals surface area contributed by atoms with E-state index >= 15 is 0 Å². The van der Waals surface area contributed by atoms with Crippen LogP contribution in [0.1, 0.15) is 44.9 Å². The molecule has 0 aromatic heterocycles. The number of hydrogen-bond acceptors (Lipinski definition) is 4. The molecule has 6 nitrogen and oxygen atoms in total. The average molecular weight is 354 g/mol. The van der Waals surface area contributed by atoms with E-state index in [1.165, 1.54) is 25.7 Å². The molecule has 1 aliphatic heterocycles. The van der Waals surface area contributed by atoms with Crippen LogP contribution < -0.4 is 0 Å². The number of rotatable bonds is 6. The lowest BCUT2D eigenvalue weighted by molar-refractivity contribution is -0.137. The zero-order chi connectivity index (χ0) is 18.1. The van der Waals surface area contributed by atoms with Gasteiger partial charge >= 0.3 is 0 Å². The molecule has 25 heavy (non-hydrogen) atoms. The van der Waals surface area contributed by atoms with Crippen LogP contribution in [-0.2, 0) is 14.3 Å². The van der Waals surface area contributed by atoms with Gasteiger partial charge < -0.3 is 14.5 Å². The molecule has 1 heterocycles. The van der Waals surface area contributed by atoms with Gasteiger partial charge in [-0.1, -0.05) is 25.7 Å². The van der Waals surface area contributed by atoms with Gasteiger partial charge in [0.15, 0.2) is 0 Å². The molecule has 2 rings (SSSR count). The van der Waals surface area contributed by atoms with Gasteiger partial charge in [-0.25, -0.2) is 0 Å². The minimum Gasteiger partial charge on any atom is -0.383 e. The fraction of sp³-hybridized carbons (Fsp3) is 0.895. The second-order valence-corrected chi connectivity index (χ2v) is 7.48. The molecule has 0 N–H and O–H groups in total. The van der Waals surface area contributed by atoms with E-state index < -0.39 is 0 Å². The molecule has 2 fully saturated rings. The highest BCUT2D eigenvalue weighted by molar-refractivity contribution is 5.80. The van der Waals surface area contributed by atoms with Gasteiger partial charge in [0.25, 0.3) is 0 Å². The predicted octanol–water partition coefficient (Wildman–Crippen LogP) is 1.60. The van der Waals surface area contributed by atoms with E-state index in [-0.39, 0.29) is 11.8 Å². The van der Waals surface area contributed by atoms with Crippen LogP contribution in [0.15, 0.2) is 0 Å². The Morgan fingerprint density at radius 1 is 0.960 bits per heavy atom. The Morgan fingerprint density at radius 3 is 2.28 bits per heavy atom. The Morgan fingerprint density at radius 2 is 1.60 bits per heavy atom. The summed E-state index contributed by atoms with van der Waals surface area (Å²) in [5, 5.41) is 0. The molecule has 0 aromatic rings. The topological polar surface area (TPSA) is 53.1 Å². The summed E-state index contributed by atoms with van der Waals surface area (Å²) in [7, 11) is 3.61. The molecule has 0 atom stereocenters. The zero-order valence-electron chi connectivity index (χ0n) is 16.0. The van der Waals surface area contributed by atoms with Gasteiger partial charge in [0, 0.05) is 45.8 Å². The van der Waals surface area contributed by atoms with Crippen LogP contribution in [0.4, 0.5) is 0 Å². The molecule has 0 unspecified atom stereocenters. The van der Waals surface area contributed by atoms with Crippen LogP contribution in [0, 0.1) is 5.92 Å². The highest BCUT2D eigenvalue weighted by Gasteiger charge is 2.27. The maximum absolute atomic E-state index is 12.8. The highest BCUT2D eigenvalue weighted by Crippen LogP contribution is 2.25. The summed E-state index contributed by atoms with van der Waals surface area (Å²) in [4.78, 5) is 31.2. The maximum Gasteiger partial charge on any atom is 0.236 e. The standard InChI is InChI=1S/C19H35N3O3/c1-20(14-15-25-2)16-18(23)21-10-7-11-22(13-12-21)19(24)17-8-5-3-4-6-9-17/h17H,3-16H2,1-2H3. The van der Waals surface area contributed by atoms with Crippen LogP contribution in [0.25, 0.3) is 0 Å². The lowest BCUT2D eigenvalue weighted by Gasteiger charge is -2.26. The Labute approximate surface area is 152 Å². The molecule has 2 aliphatic rings. The average Bonchev–Trinajstić information content (AvgIpc) is 3.02. The molecule has 2 amide bonds. The highest BCUT2D eigenvalue weighted by atomic mass is 16.5. The van der Waals surface area contributed by atoms with Crippen molar-refractivity contribution in [1.82, 2.24) is 14.7 Å². The lowest BCUT2D eigenvalue weighted by atomic mass is 9.98. The third kappa shape index (κ3) is 6.59. The fourth-order valence-electron chi connectivity index (χ4n) is 3.83. The third-order valence-corrected chi connectivity index (χ3v) is 5.45. The molecule has 0 spiro atoms. The SMILES string of the molecule is COCCN(C)CC(=O)N1CCCN(C(=O)C2CCCCCC2)CC1. The van der Waals surface area contributed by atoms with E-state index in [4.69, 9.17) is 4.74 Å². The van der Waals surface area contributed by atoms with Crippen molar-refractivity contribution >= 4 is 11.8 Å². The first-order chi connectivity index (χ1) is 12.1. The second-order valence-electron chi connectivity index (χ2n) is 7.48. The van der Waals surface area contributed by atoms with Gasteiger partial charge in [0.1, 0.15) is 0 Å². The molecule has 0 radical (unpaired) electrons. The van der Waals surface area contributed by atoms with Gasteiger partial charge in [0.05, 0.1) is 13.2 Å². The summed E-state index contributed by atoms with van der Waals surface area (Å²) in [6, 6.07) is 0. The van der Waals surface area contributed by atoms with Gasteiger partial charge in [-0.15, -0.1) is 0 Å². The number of likely N-dealkylation sites (N-methyl/N-ethyl adjacent to an activating group) is 1. The van der Waals surface area contributed by atoms with Crippen molar-refractivity contribution in [3.8, 4) is 0 Å². The van der Waals surface area contributed by atoms with E-state index in [9.17, 15) is 9.59 Å². The summed E-state index contributed by atoms with van der Waals surface area (Å²) in [5.74, 6) is 0.695. The summed E-state index contributed by atoms with van der Waals surface area (Å²) in [6.45, 7) is 4.69. The first kappa shape index (κ1) is 20.2. The van der Waals surface area contributed by atoms with E-state index in [1.807, 2.05) is 21.7 Å². The zero-order valence-corrected chi connectivity index (χ0v) is 16.0. The Hall–Kier alpha value is -1.14. The van der Waals surface area contributed by atoms with Gasteiger partial charge in [-0.3, -0.25) is 14.5 Å². The molecule has 0 aromatic carbocycles. The van der Waals surface area contributed by atoms with Crippen LogP contribution >= 0.6 is 0 Å². The molecular formula is C19H35N3O3. The van der Waals surface area contributed by atoms with Crippen molar-refractivity contribution in [3.05, 3.63) is 0 Å². The van der Waals surface area contributed by atoms with E-state index in [1.54, 1.807) is 7.11 Å². The number of ether oxygens (including phenoxy) is 1. The molecule has 0 bridgehead atoms. The number of methoxy groups -OCH3 is 1. The number of carbonyl (C=O) groups excluding carboxylic acids is 2. The van der Waals surface area contributed by atoms with E-state index in [2.05, 4.69) is 0 Å². The van der Waals surface area contributed by atoms with Crippen LogP contribution in [0.2, 0.25) is 0 Å². The number of amides is 2. The first-order valence-electron chi connectivity index (χ1n) is 9.86. The van der Waals surface area contributed by atoms with E-state index in [0.29, 0.717) is 32.1 Å². The number of nitrogens with zero attached hydrogens (tertiary/aromatic N) is 3. The number of hydrogen-bond donors (Lipinski definition) is 0. The number of carbonyl (C=O) groups is 2. The van der Waals surface area contributed by atoms with Crippen molar-refractivity contribution in [3.63, 3.8) is 0 Å². The summed E-state index contributed by atoms with van der Waals surface area (Å²) < 4.78 is 5.06. The monoisotopic (exact) mass is 353 g/mol. The predicted molar refractivity (Wildman–Crippen MR) is 98.3 cm³/mol. The van der Waals surface area contributed by atoms with Gasteiger partial charge in [-0.2, -0.15) is 0 Å². The quantitative estimate of drug-likeness (QED) is 0.681. The molecule has 1 aliphatic carbocycles. The largest absolute Gasteiger partial charge is 0.383 e. The third-order valence-electron chi connectivity index (χ3n) is 5.45. The lowest BCUT2D eigenvalue weighted by Crippen LogP contribution is -2.43. The summed E-state index contributed by atoms with van der Waals surface area (Å²) in [5.41, 5.74) is 0. The van der Waals surface area contributed by atoms with Crippen molar-refractivity contribution in [1.29, 1.82) is 0 Å². The van der Waals surface area contributed by atoms with Gasteiger partial charge in [0.2, 0.25) is 11.8 Å². The van der Waals surface area contributed by atoms with Crippen LogP contribution in [0.5, 0.6) is 0 Å². The van der Waals surface area contributed by atoms with E-state index in [0.717, 1.165) is 38.9 Å². The molecular weight excluding hydrogens is 318 g/mol. The molecule has 1 saturated carbocycles. The van der Waals surface area contributed by atoms with Crippen molar-refractivity contribution in [2.24, 2.45) is 5.92 Å². The molecule has 144 valence electrons. The minimum absolute atomic E-state index is 0.155. The van der Waals surface area contributed by atoms with Crippen LogP contribution in [-0.4, -0.2) is 86.5 Å². The summed E-state index contributed by atoms with van der Waals surface area (Å²) >= 11 is 0. The molecule has 6 heteroatoms. The smallest absolute Gasteiger partial charge is 0.236 e. The van der Waals surface area contributed by atoms with Crippen molar-refractivity contribution < 1.29 is 14.3 Å². The molecule has 1 saturated heterocycles. The Balaban J connectivity index is 1.80.